The van der Waals surface area contributed by atoms with Crippen LogP contribution in [0, 0.1) is 0 Å². The molecule has 0 saturated carbocycles. The van der Waals surface area contributed by atoms with E-state index in [4.69, 9.17) is 0 Å². The SMILES string of the molecule is CNS(=O)(=O)Cc1cccc(CNC(=O)NC2CCN(CC(=O)Nc3ccccc3)CC2)c1. The lowest BCUT2D eigenvalue weighted by Gasteiger charge is -2.31. The fraction of sp³-hybridized carbons (Fsp3) is 0.391. The number of likely N-dealkylation sites (tertiary alicyclic amines) is 1. The predicted molar refractivity (Wildman–Crippen MR) is 128 cm³/mol. The highest BCUT2D eigenvalue weighted by Crippen LogP contribution is 2.12. The maximum atomic E-state index is 12.3. The summed E-state index contributed by atoms with van der Waals surface area (Å²) in [6.07, 6.45) is 1.53. The first-order chi connectivity index (χ1) is 15.8. The summed E-state index contributed by atoms with van der Waals surface area (Å²) in [6.45, 7) is 2.09. The molecule has 178 valence electrons. The molecule has 1 fully saturated rings. The van der Waals surface area contributed by atoms with Crippen LogP contribution in [0.15, 0.2) is 54.6 Å². The molecule has 1 aliphatic rings. The first-order valence-corrected chi connectivity index (χ1v) is 12.6. The predicted octanol–water partition coefficient (Wildman–Crippen LogP) is 1.64. The molecule has 3 rings (SSSR count). The maximum absolute atomic E-state index is 12.3. The van der Waals surface area contributed by atoms with Crippen LogP contribution in [-0.2, 0) is 27.1 Å². The molecule has 4 N–H and O–H groups in total. The van der Waals surface area contributed by atoms with Crippen molar-refractivity contribution in [1.29, 1.82) is 0 Å². The Labute approximate surface area is 195 Å². The van der Waals surface area contributed by atoms with Gasteiger partial charge in [-0.2, -0.15) is 0 Å². The zero-order chi connectivity index (χ0) is 23.7. The zero-order valence-corrected chi connectivity index (χ0v) is 19.5. The fourth-order valence-corrected chi connectivity index (χ4v) is 4.46. The Bertz CT molecular complexity index is 1040. The summed E-state index contributed by atoms with van der Waals surface area (Å²) in [7, 11) is -1.96. The number of carbonyl (C=O) groups excluding carboxylic acids is 2. The molecule has 2 aromatic carbocycles. The Morgan fingerprint density at radius 1 is 1.00 bits per heavy atom. The van der Waals surface area contributed by atoms with Gasteiger partial charge in [0.2, 0.25) is 15.9 Å². The summed E-state index contributed by atoms with van der Waals surface area (Å²) in [6, 6.07) is 16.3. The molecule has 1 heterocycles. The third-order valence-electron chi connectivity index (χ3n) is 5.46. The van der Waals surface area contributed by atoms with E-state index in [9.17, 15) is 18.0 Å². The van der Waals surface area contributed by atoms with Crippen molar-refractivity contribution < 1.29 is 18.0 Å². The Morgan fingerprint density at radius 3 is 2.39 bits per heavy atom. The Hall–Kier alpha value is -2.95. The first kappa shape index (κ1) is 24.7. The number of sulfonamides is 1. The largest absolute Gasteiger partial charge is 0.335 e. The van der Waals surface area contributed by atoms with Crippen LogP contribution in [0.2, 0.25) is 0 Å². The molecule has 0 aliphatic carbocycles. The van der Waals surface area contributed by atoms with Gasteiger partial charge in [0.25, 0.3) is 0 Å². The van der Waals surface area contributed by atoms with Gasteiger partial charge >= 0.3 is 6.03 Å². The van der Waals surface area contributed by atoms with E-state index in [1.807, 2.05) is 36.4 Å². The Morgan fingerprint density at radius 2 is 1.70 bits per heavy atom. The lowest BCUT2D eigenvalue weighted by molar-refractivity contribution is -0.117. The van der Waals surface area contributed by atoms with Crippen LogP contribution >= 0.6 is 0 Å². The van der Waals surface area contributed by atoms with Crippen LogP contribution in [-0.4, -0.2) is 58.0 Å². The van der Waals surface area contributed by atoms with Crippen LogP contribution in [0.5, 0.6) is 0 Å². The molecule has 10 heteroatoms. The minimum Gasteiger partial charge on any atom is -0.335 e. The van der Waals surface area contributed by atoms with Crippen LogP contribution in [0.25, 0.3) is 0 Å². The molecule has 3 amide bonds. The second-order valence-electron chi connectivity index (χ2n) is 8.07. The summed E-state index contributed by atoms with van der Waals surface area (Å²) < 4.78 is 25.7. The van der Waals surface area contributed by atoms with Crippen LogP contribution < -0.4 is 20.7 Å². The summed E-state index contributed by atoms with van der Waals surface area (Å²) >= 11 is 0. The first-order valence-electron chi connectivity index (χ1n) is 10.9. The lowest BCUT2D eigenvalue weighted by Crippen LogP contribution is -2.48. The van der Waals surface area contributed by atoms with E-state index >= 15 is 0 Å². The van der Waals surface area contributed by atoms with Gasteiger partial charge in [0.05, 0.1) is 12.3 Å². The van der Waals surface area contributed by atoms with E-state index in [1.54, 1.807) is 18.2 Å². The second-order valence-corrected chi connectivity index (χ2v) is 10.0. The standard InChI is InChI=1S/C23H31N5O4S/c1-24-33(31,32)17-19-7-5-6-18(14-19)15-25-23(30)27-21-10-12-28(13-11-21)16-22(29)26-20-8-3-2-4-9-20/h2-9,14,21,24H,10-13,15-17H2,1H3,(H,26,29)(H2,25,27,30). The molecule has 9 nitrogen and oxygen atoms in total. The number of carbonyl (C=O) groups is 2. The van der Waals surface area contributed by atoms with Crippen LogP contribution in [0.4, 0.5) is 10.5 Å². The molecule has 0 unspecified atom stereocenters. The van der Waals surface area contributed by atoms with Gasteiger partial charge in [-0.05, 0) is 43.1 Å². The van der Waals surface area contributed by atoms with Crippen molar-refractivity contribution >= 4 is 27.6 Å². The fourth-order valence-electron chi connectivity index (χ4n) is 3.70. The quantitative estimate of drug-likeness (QED) is 0.441. The number of amides is 3. The highest BCUT2D eigenvalue weighted by atomic mass is 32.2. The molecular formula is C23H31N5O4S. The smallest absolute Gasteiger partial charge is 0.315 e. The third kappa shape index (κ3) is 8.49. The minimum absolute atomic E-state index is 0.0462. The van der Waals surface area contributed by atoms with Crippen molar-refractivity contribution in [1.82, 2.24) is 20.3 Å². The van der Waals surface area contributed by atoms with Gasteiger partial charge in [-0.3, -0.25) is 9.69 Å². The molecule has 0 radical (unpaired) electrons. The minimum atomic E-state index is -3.35. The maximum Gasteiger partial charge on any atom is 0.315 e. The highest BCUT2D eigenvalue weighted by Gasteiger charge is 2.22. The van der Waals surface area contributed by atoms with Gasteiger partial charge in [0.1, 0.15) is 0 Å². The summed E-state index contributed by atoms with van der Waals surface area (Å²) in [4.78, 5) is 26.6. The lowest BCUT2D eigenvalue weighted by atomic mass is 10.1. The van der Waals surface area contributed by atoms with Crippen molar-refractivity contribution in [2.45, 2.75) is 31.2 Å². The monoisotopic (exact) mass is 473 g/mol. The van der Waals surface area contributed by atoms with E-state index < -0.39 is 10.0 Å². The second kappa shape index (κ2) is 11.8. The topological polar surface area (TPSA) is 120 Å². The van der Waals surface area contributed by atoms with Crippen molar-refractivity contribution in [2.24, 2.45) is 0 Å². The van der Waals surface area contributed by atoms with Gasteiger partial charge in [-0.25, -0.2) is 17.9 Å². The summed E-state index contributed by atoms with van der Waals surface area (Å²) in [5, 5.41) is 8.70. The number of rotatable bonds is 9. The van der Waals surface area contributed by atoms with Gasteiger partial charge in [0, 0.05) is 31.4 Å². The molecule has 33 heavy (non-hydrogen) atoms. The van der Waals surface area contributed by atoms with Gasteiger partial charge in [-0.15, -0.1) is 0 Å². The third-order valence-corrected chi connectivity index (χ3v) is 6.80. The zero-order valence-electron chi connectivity index (χ0n) is 18.7. The Balaban J connectivity index is 1.37. The molecule has 0 spiro atoms. The number of urea groups is 1. The average molecular weight is 474 g/mol. The van der Waals surface area contributed by atoms with Crippen LogP contribution in [0.1, 0.15) is 24.0 Å². The molecule has 1 aliphatic heterocycles. The number of benzene rings is 2. The number of para-hydroxylation sites is 1. The molecule has 2 aromatic rings. The van der Waals surface area contributed by atoms with E-state index in [1.165, 1.54) is 7.05 Å². The number of hydrogen-bond acceptors (Lipinski definition) is 5. The number of nitrogens with zero attached hydrogens (tertiary/aromatic N) is 1. The Kier molecular flexibility index (Phi) is 8.81. The van der Waals surface area contributed by atoms with Crippen molar-refractivity contribution in [3.05, 3.63) is 65.7 Å². The summed E-state index contributed by atoms with van der Waals surface area (Å²) in [5.74, 6) is -0.152. The number of hydrogen-bond donors (Lipinski definition) is 4. The van der Waals surface area contributed by atoms with E-state index in [0.29, 0.717) is 18.7 Å². The average Bonchev–Trinajstić information content (AvgIpc) is 2.80. The molecular weight excluding hydrogens is 442 g/mol. The van der Waals surface area contributed by atoms with Crippen molar-refractivity contribution in [2.75, 3.05) is 32.0 Å². The number of anilines is 1. The number of piperidine rings is 1. The normalized spacial score (nSPS) is 15.1. The molecule has 0 bridgehead atoms. The van der Waals surface area contributed by atoms with Crippen molar-refractivity contribution in [3.63, 3.8) is 0 Å². The number of nitrogens with one attached hydrogen (secondary N) is 4. The molecule has 1 saturated heterocycles. The van der Waals surface area contributed by atoms with E-state index in [0.717, 1.165) is 37.2 Å². The van der Waals surface area contributed by atoms with Crippen molar-refractivity contribution in [3.8, 4) is 0 Å². The van der Waals surface area contributed by atoms with Gasteiger partial charge in [0.15, 0.2) is 0 Å². The molecule has 0 atom stereocenters. The van der Waals surface area contributed by atoms with Crippen LogP contribution in [0.3, 0.4) is 0 Å². The molecule has 0 aromatic heterocycles. The highest BCUT2D eigenvalue weighted by molar-refractivity contribution is 7.88. The van der Waals surface area contributed by atoms with Gasteiger partial charge in [-0.1, -0.05) is 42.5 Å². The van der Waals surface area contributed by atoms with E-state index in [-0.39, 0.29) is 23.7 Å². The summed E-state index contributed by atoms with van der Waals surface area (Å²) in [5.41, 5.74) is 2.27. The van der Waals surface area contributed by atoms with E-state index in [2.05, 4.69) is 25.6 Å². The van der Waals surface area contributed by atoms with Gasteiger partial charge < -0.3 is 16.0 Å².